The molecule has 4 rings (SSSR count). The third-order valence-corrected chi connectivity index (χ3v) is 5.08. The van der Waals surface area contributed by atoms with Crippen LogP contribution in [-0.2, 0) is 24.3 Å². The molecular weight excluding hydrogens is 316 g/mol. The summed E-state index contributed by atoms with van der Waals surface area (Å²) in [5.41, 5.74) is 2.38. The van der Waals surface area contributed by atoms with Gasteiger partial charge in [-0.1, -0.05) is 0 Å². The lowest BCUT2D eigenvalue weighted by Crippen LogP contribution is -2.40. The summed E-state index contributed by atoms with van der Waals surface area (Å²) in [7, 11) is 0. The summed E-state index contributed by atoms with van der Waals surface area (Å²) in [6, 6.07) is 1.88. The largest absolute Gasteiger partial charge is 0.342 e. The fourth-order valence-corrected chi connectivity index (χ4v) is 3.66. The Labute approximate surface area is 147 Å². The SMILES string of the molecule is O=C(CCn1cccn1)N1CCC[C@H](c2ncc3c(n2)CCNC3)C1. The summed E-state index contributed by atoms with van der Waals surface area (Å²) >= 11 is 0. The van der Waals surface area contributed by atoms with Gasteiger partial charge in [0, 0.05) is 81.3 Å². The Kier molecular flexibility index (Phi) is 4.74. The number of likely N-dealkylation sites (tertiary alicyclic amines) is 1. The first-order chi connectivity index (χ1) is 12.3. The summed E-state index contributed by atoms with van der Waals surface area (Å²) < 4.78 is 1.81. The molecule has 25 heavy (non-hydrogen) atoms. The number of hydrogen-bond donors (Lipinski definition) is 1. The second-order valence-electron chi connectivity index (χ2n) is 6.82. The highest BCUT2D eigenvalue weighted by atomic mass is 16.2. The number of aryl methyl sites for hydroxylation is 1. The van der Waals surface area contributed by atoms with E-state index in [0.717, 1.165) is 51.3 Å². The fraction of sp³-hybridized carbons (Fsp3) is 0.556. The van der Waals surface area contributed by atoms with Gasteiger partial charge in [0.2, 0.25) is 5.91 Å². The van der Waals surface area contributed by atoms with Crippen molar-refractivity contribution in [1.82, 2.24) is 30.0 Å². The summed E-state index contributed by atoms with van der Waals surface area (Å²) in [6.07, 6.45) is 9.12. The van der Waals surface area contributed by atoms with Crippen LogP contribution in [0.25, 0.3) is 0 Å². The predicted octanol–water partition coefficient (Wildman–Crippen LogP) is 1.12. The van der Waals surface area contributed by atoms with Crippen LogP contribution in [0, 0.1) is 0 Å². The van der Waals surface area contributed by atoms with Crippen molar-refractivity contribution in [2.75, 3.05) is 19.6 Å². The van der Waals surface area contributed by atoms with Gasteiger partial charge in [0.15, 0.2) is 0 Å². The van der Waals surface area contributed by atoms with Crippen LogP contribution in [0.15, 0.2) is 24.7 Å². The quantitative estimate of drug-likeness (QED) is 0.902. The molecule has 0 bridgehead atoms. The van der Waals surface area contributed by atoms with Gasteiger partial charge in [-0.3, -0.25) is 9.48 Å². The average Bonchev–Trinajstić information content (AvgIpc) is 3.19. The second-order valence-corrected chi connectivity index (χ2v) is 6.82. The smallest absolute Gasteiger partial charge is 0.224 e. The van der Waals surface area contributed by atoms with Crippen LogP contribution < -0.4 is 5.32 Å². The Bertz CT molecular complexity index is 729. The van der Waals surface area contributed by atoms with Crippen LogP contribution in [0.3, 0.4) is 0 Å². The first-order valence-corrected chi connectivity index (χ1v) is 9.10. The zero-order chi connectivity index (χ0) is 17.1. The van der Waals surface area contributed by atoms with E-state index in [0.29, 0.717) is 13.0 Å². The van der Waals surface area contributed by atoms with Crippen molar-refractivity contribution in [3.63, 3.8) is 0 Å². The number of rotatable bonds is 4. The highest BCUT2D eigenvalue weighted by Gasteiger charge is 2.27. The molecule has 0 aromatic carbocycles. The minimum Gasteiger partial charge on any atom is -0.342 e. The molecule has 0 spiro atoms. The fourth-order valence-electron chi connectivity index (χ4n) is 3.66. The molecule has 1 fully saturated rings. The maximum absolute atomic E-state index is 12.5. The molecule has 0 aliphatic carbocycles. The van der Waals surface area contributed by atoms with Gasteiger partial charge < -0.3 is 10.2 Å². The van der Waals surface area contributed by atoms with Crippen molar-refractivity contribution in [2.45, 2.75) is 44.7 Å². The van der Waals surface area contributed by atoms with Gasteiger partial charge in [0.25, 0.3) is 0 Å². The number of amides is 1. The van der Waals surface area contributed by atoms with E-state index < -0.39 is 0 Å². The van der Waals surface area contributed by atoms with Gasteiger partial charge in [0.05, 0.1) is 0 Å². The zero-order valence-corrected chi connectivity index (χ0v) is 14.4. The third kappa shape index (κ3) is 3.71. The van der Waals surface area contributed by atoms with E-state index in [9.17, 15) is 4.79 Å². The zero-order valence-electron chi connectivity index (χ0n) is 14.4. The summed E-state index contributed by atoms with van der Waals surface area (Å²) in [5, 5.41) is 7.51. The van der Waals surface area contributed by atoms with Crippen molar-refractivity contribution in [3.8, 4) is 0 Å². The Morgan fingerprint density at radius 3 is 3.24 bits per heavy atom. The third-order valence-electron chi connectivity index (χ3n) is 5.08. The minimum atomic E-state index is 0.197. The summed E-state index contributed by atoms with van der Waals surface area (Å²) in [5.74, 6) is 1.36. The molecule has 2 aliphatic heterocycles. The Hall–Kier alpha value is -2.28. The summed E-state index contributed by atoms with van der Waals surface area (Å²) in [4.78, 5) is 23.9. The van der Waals surface area contributed by atoms with E-state index in [4.69, 9.17) is 4.98 Å². The number of carbonyl (C=O) groups excluding carboxylic acids is 1. The topological polar surface area (TPSA) is 75.9 Å². The average molecular weight is 340 g/mol. The molecule has 7 nitrogen and oxygen atoms in total. The molecule has 2 aliphatic rings. The molecule has 1 amide bonds. The van der Waals surface area contributed by atoms with Crippen LogP contribution in [0.5, 0.6) is 0 Å². The molecule has 0 radical (unpaired) electrons. The van der Waals surface area contributed by atoms with Crippen LogP contribution in [0.1, 0.15) is 42.3 Å². The van der Waals surface area contributed by atoms with Gasteiger partial charge in [-0.15, -0.1) is 0 Å². The lowest BCUT2D eigenvalue weighted by molar-refractivity contribution is -0.132. The molecular formula is C18H24N6O. The van der Waals surface area contributed by atoms with Crippen molar-refractivity contribution in [1.29, 1.82) is 0 Å². The van der Waals surface area contributed by atoms with E-state index in [2.05, 4.69) is 15.4 Å². The van der Waals surface area contributed by atoms with Crippen molar-refractivity contribution >= 4 is 5.91 Å². The Balaban J connectivity index is 1.39. The molecule has 1 N–H and O–H groups in total. The number of hydrogen-bond acceptors (Lipinski definition) is 5. The first kappa shape index (κ1) is 16.2. The number of piperidine rings is 1. The van der Waals surface area contributed by atoms with E-state index in [1.807, 2.05) is 23.4 Å². The van der Waals surface area contributed by atoms with E-state index in [-0.39, 0.29) is 11.8 Å². The Morgan fingerprint density at radius 1 is 1.40 bits per heavy atom. The molecule has 132 valence electrons. The van der Waals surface area contributed by atoms with Gasteiger partial charge in [-0.2, -0.15) is 5.10 Å². The summed E-state index contributed by atoms with van der Waals surface area (Å²) in [6.45, 7) is 4.04. The van der Waals surface area contributed by atoms with Crippen molar-refractivity contribution in [2.24, 2.45) is 0 Å². The standard InChI is InChI=1S/C18H24N6O/c25-17(5-10-24-9-2-6-21-24)23-8-1-3-14(13-23)18-20-12-15-11-19-7-4-16(15)22-18/h2,6,9,12,14,19H,1,3-5,7-8,10-11,13H2/t14-/m0/s1. The van der Waals surface area contributed by atoms with Crippen molar-refractivity contribution < 1.29 is 4.79 Å². The highest BCUT2D eigenvalue weighted by Crippen LogP contribution is 2.26. The van der Waals surface area contributed by atoms with Crippen LogP contribution in [0.4, 0.5) is 0 Å². The number of aromatic nitrogens is 4. The molecule has 2 aromatic heterocycles. The molecule has 0 saturated carbocycles. The first-order valence-electron chi connectivity index (χ1n) is 9.10. The molecule has 4 heterocycles. The lowest BCUT2D eigenvalue weighted by atomic mass is 9.96. The van der Waals surface area contributed by atoms with Crippen molar-refractivity contribution in [3.05, 3.63) is 41.7 Å². The normalized spacial score (nSPS) is 20.3. The lowest BCUT2D eigenvalue weighted by Gasteiger charge is -2.32. The molecule has 1 atom stereocenters. The second kappa shape index (κ2) is 7.31. The van der Waals surface area contributed by atoms with Crippen LogP contribution in [-0.4, -0.2) is 50.2 Å². The monoisotopic (exact) mass is 340 g/mol. The molecule has 2 aromatic rings. The maximum Gasteiger partial charge on any atom is 0.224 e. The predicted molar refractivity (Wildman–Crippen MR) is 92.8 cm³/mol. The van der Waals surface area contributed by atoms with Gasteiger partial charge >= 0.3 is 0 Å². The molecule has 0 unspecified atom stereocenters. The Morgan fingerprint density at radius 2 is 2.36 bits per heavy atom. The minimum absolute atomic E-state index is 0.197. The highest BCUT2D eigenvalue weighted by molar-refractivity contribution is 5.76. The van der Waals surface area contributed by atoms with E-state index >= 15 is 0 Å². The molecule has 1 saturated heterocycles. The van der Waals surface area contributed by atoms with Gasteiger partial charge in [-0.05, 0) is 18.9 Å². The molecule has 7 heteroatoms. The van der Waals surface area contributed by atoms with Gasteiger partial charge in [-0.25, -0.2) is 9.97 Å². The number of carbonyl (C=O) groups is 1. The number of nitrogens with one attached hydrogen (secondary N) is 1. The van der Waals surface area contributed by atoms with Gasteiger partial charge in [0.1, 0.15) is 5.82 Å². The van der Waals surface area contributed by atoms with E-state index in [1.54, 1.807) is 10.9 Å². The maximum atomic E-state index is 12.5. The van der Waals surface area contributed by atoms with E-state index in [1.165, 1.54) is 11.3 Å². The number of fused-ring (bicyclic) bond motifs is 1. The van der Waals surface area contributed by atoms with Crippen LogP contribution >= 0.6 is 0 Å². The van der Waals surface area contributed by atoms with Crippen LogP contribution in [0.2, 0.25) is 0 Å². The number of nitrogens with zero attached hydrogens (tertiary/aromatic N) is 5.